The lowest BCUT2D eigenvalue weighted by molar-refractivity contribution is 0.162. The van der Waals surface area contributed by atoms with Crippen LogP contribution in [0.3, 0.4) is 0 Å². The molecule has 0 aliphatic carbocycles. The minimum absolute atomic E-state index is 0.235. The first-order valence-corrected chi connectivity index (χ1v) is 7.29. The summed E-state index contributed by atoms with van der Waals surface area (Å²) in [5.74, 6) is 0.830. The van der Waals surface area contributed by atoms with E-state index in [2.05, 4.69) is 11.9 Å². The van der Waals surface area contributed by atoms with E-state index in [0.717, 1.165) is 37.2 Å². The van der Waals surface area contributed by atoms with E-state index < -0.39 is 0 Å². The molecule has 5 heteroatoms. The quantitative estimate of drug-likeness (QED) is 0.537. The first-order chi connectivity index (χ1) is 9.49. The van der Waals surface area contributed by atoms with E-state index in [1.54, 1.807) is 0 Å². The highest BCUT2D eigenvalue weighted by molar-refractivity contribution is 7.80. The van der Waals surface area contributed by atoms with Crippen LogP contribution in [0.15, 0.2) is 24.3 Å². The molecule has 0 aliphatic rings. The number of aliphatic hydroxyl groups is 1. The lowest BCUT2D eigenvalue weighted by atomic mass is 10.2. The minimum Gasteiger partial charge on any atom is -0.494 e. The van der Waals surface area contributed by atoms with Gasteiger partial charge in [-0.1, -0.05) is 12.2 Å². The minimum atomic E-state index is -0.235. The van der Waals surface area contributed by atoms with E-state index >= 15 is 0 Å². The van der Waals surface area contributed by atoms with Gasteiger partial charge in [-0.3, -0.25) is 0 Å². The van der Waals surface area contributed by atoms with Crippen LogP contribution >= 0.6 is 12.2 Å². The zero-order chi connectivity index (χ0) is 15.0. The first-order valence-electron chi connectivity index (χ1n) is 6.88. The number of hydrogen-bond donors (Lipinski definition) is 2. The van der Waals surface area contributed by atoms with E-state index in [1.807, 2.05) is 31.2 Å². The van der Waals surface area contributed by atoms with Gasteiger partial charge in [-0.15, -0.1) is 0 Å². The van der Waals surface area contributed by atoms with E-state index in [1.165, 1.54) is 0 Å². The molecule has 1 aromatic carbocycles. The second-order valence-corrected chi connectivity index (χ2v) is 5.47. The molecule has 0 radical (unpaired) electrons. The highest BCUT2D eigenvalue weighted by Crippen LogP contribution is 2.12. The third kappa shape index (κ3) is 6.84. The summed E-state index contributed by atoms with van der Waals surface area (Å²) < 4.78 is 5.66. The summed E-state index contributed by atoms with van der Waals surface area (Å²) in [4.78, 5) is 2.60. The van der Waals surface area contributed by atoms with Gasteiger partial charge in [-0.2, -0.15) is 0 Å². The molecule has 0 aromatic heterocycles. The number of nitrogens with zero attached hydrogens (tertiary/aromatic N) is 1. The van der Waals surface area contributed by atoms with Crippen molar-refractivity contribution in [2.75, 3.05) is 26.7 Å². The van der Waals surface area contributed by atoms with Gasteiger partial charge >= 0.3 is 0 Å². The summed E-state index contributed by atoms with van der Waals surface area (Å²) in [5.41, 5.74) is 6.39. The number of hydrogen-bond acceptors (Lipinski definition) is 4. The summed E-state index contributed by atoms with van der Waals surface area (Å²) in [6.45, 7) is 4.34. The van der Waals surface area contributed by atoms with Gasteiger partial charge in [-0.25, -0.2) is 0 Å². The van der Waals surface area contributed by atoms with Gasteiger partial charge < -0.3 is 20.5 Å². The van der Waals surface area contributed by atoms with Crippen LogP contribution in [0, 0.1) is 0 Å². The lowest BCUT2D eigenvalue weighted by Gasteiger charge is -2.17. The smallest absolute Gasteiger partial charge is 0.119 e. The van der Waals surface area contributed by atoms with Crippen LogP contribution in [0.1, 0.15) is 25.3 Å². The van der Waals surface area contributed by atoms with Crippen LogP contribution < -0.4 is 10.5 Å². The van der Waals surface area contributed by atoms with Gasteiger partial charge in [0.15, 0.2) is 0 Å². The predicted octanol–water partition coefficient (Wildman–Crippen LogP) is 1.79. The average molecular weight is 296 g/mol. The van der Waals surface area contributed by atoms with Crippen molar-refractivity contribution in [2.24, 2.45) is 5.73 Å². The van der Waals surface area contributed by atoms with E-state index in [0.29, 0.717) is 11.6 Å². The van der Waals surface area contributed by atoms with Crippen molar-refractivity contribution in [1.29, 1.82) is 0 Å². The third-order valence-electron chi connectivity index (χ3n) is 3.02. The molecular formula is C15H24N2O2S. The maximum absolute atomic E-state index is 9.21. The lowest BCUT2D eigenvalue weighted by Crippen LogP contribution is -2.24. The molecular weight excluding hydrogens is 272 g/mol. The van der Waals surface area contributed by atoms with E-state index in [-0.39, 0.29) is 6.10 Å². The van der Waals surface area contributed by atoms with Crippen LogP contribution in [0.25, 0.3) is 0 Å². The molecule has 0 bridgehead atoms. The number of aliphatic hydroxyl groups excluding tert-OH is 1. The molecule has 4 nitrogen and oxygen atoms in total. The number of nitrogens with two attached hydrogens (primary N) is 1. The number of thiocarbonyl (C=S) groups is 1. The predicted molar refractivity (Wildman–Crippen MR) is 86.2 cm³/mol. The largest absolute Gasteiger partial charge is 0.494 e. The average Bonchev–Trinajstić information content (AvgIpc) is 2.42. The maximum atomic E-state index is 9.21. The second kappa shape index (κ2) is 8.89. The van der Waals surface area contributed by atoms with Crippen LogP contribution in [-0.2, 0) is 0 Å². The van der Waals surface area contributed by atoms with Crippen LogP contribution in [0.2, 0.25) is 0 Å². The Bertz CT molecular complexity index is 407. The molecule has 0 aliphatic heterocycles. The van der Waals surface area contributed by atoms with Crippen molar-refractivity contribution in [3.8, 4) is 5.75 Å². The van der Waals surface area contributed by atoms with Crippen molar-refractivity contribution in [1.82, 2.24) is 4.90 Å². The molecule has 0 fully saturated rings. The summed E-state index contributed by atoms with van der Waals surface area (Å²) in [7, 11) is 2.05. The van der Waals surface area contributed by atoms with Crippen LogP contribution in [0.4, 0.5) is 0 Å². The molecule has 1 rings (SSSR count). The molecule has 1 aromatic rings. The number of benzene rings is 1. The fourth-order valence-corrected chi connectivity index (χ4v) is 1.90. The fraction of sp³-hybridized carbons (Fsp3) is 0.533. The molecule has 0 heterocycles. The van der Waals surface area contributed by atoms with Crippen molar-refractivity contribution in [2.45, 2.75) is 25.9 Å². The molecule has 112 valence electrons. The summed E-state index contributed by atoms with van der Waals surface area (Å²) >= 11 is 4.90. The Hall–Kier alpha value is -1.17. The third-order valence-corrected chi connectivity index (χ3v) is 3.26. The molecule has 0 saturated carbocycles. The standard InChI is InChI=1S/C15H24N2O2S/c1-12(18)8-10-17(2)9-3-11-19-14-6-4-13(5-7-14)15(16)20/h4-7,12,18H,3,8-11H2,1-2H3,(H2,16,20). The SMILES string of the molecule is CC(O)CCN(C)CCCOc1ccc(C(N)=S)cc1. The van der Waals surface area contributed by atoms with Crippen LogP contribution in [0.5, 0.6) is 5.75 Å². The highest BCUT2D eigenvalue weighted by atomic mass is 32.1. The molecule has 3 N–H and O–H groups in total. The van der Waals surface area contributed by atoms with Crippen molar-refractivity contribution < 1.29 is 9.84 Å². The highest BCUT2D eigenvalue weighted by Gasteiger charge is 2.02. The molecule has 1 atom stereocenters. The van der Waals surface area contributed by atoms with Crippen molar-refractivity contribution in [3.63, 3.8) is 0 Å². The molecule has 0 amide bonds. The Balaban J connectivity index is 2.19. The second-order valence-electron chi connectivity index (χ2n) is 5.03. The number of ether oxygens (including phenoxy) is 1. The van der Waals surface area contributed by atoms with Crippen molar-refractivity contribution in [3.05, 3.63) is 29.8 Å². The zero-order valence-electron chi connectivity index (χ0n) is 12.2. The van der Waals surface area contributed by atoms with Crippen molar-refractivity contribution >= 4 is 17.2 Å². The summed E-state index contributed by atoms with van der Waals surface area (Å²) in [6.07, 6.45) is 1.52. The Morgan fingerprint density at radius 2 is 2.00 bits per heavy atom. The maximum Gasteiger partial charge on any atom is 0.119 e. The van der Waals surface area contributed by atoms with Gasteiger partial charge in [0, 0.05) is 18.7 Å². The number of rotatable bonds is 9. The Morgan fingerprint density at radius 3 is 2.55 bits per heavy atom. The van der Waals surface area contributed by atoms with Gasteiger partial charge in [0.2, 0.25) is 0 Å². The van der Waals surface area contributed by atoms with Gasteiger partial charge in [0.1, 0.15) is 10.7 Å². The fourth-order valence-electron chi connectivity index (χ4n) is 1.76. The zero-order valence-corrected chi connectivity index (χ0v) is 13.0. The van der Waals surface area contributed by atoms with Gasteiger partial charge in [-0.05, 0) is 51.1 Å². The van der Waals surface area contributed by atoms with Gasteiger partial charge in [0.05, 0.1) is 12.7 Å². The van der Waals surface area contributed by atoms with Gasteiger partial charge in [0.25, 0.3) is 0 Å². The topological polar surface area (TPSA) is 58.7 Å². The normalized spacial score (nSPS) is 12.4. The monoisotopic (exact) mass is 296 g/mol. The Kier molecular flexibility index (Phi) is 7.51. The summed E-state index contributed by atoms with van der Waals surface area (Å²) in [5, 5.41) is 9.21. The first kappa shape index (κ1) is 16.9. The van der Waals surface area contributed by atoms with Crippen LogP contribution in [-0.4, -0.2) is 47.8 Å². The molecule has 0 spiro atoms. The van der Waals surface area contributed by atoms with E-state index in [4.69, 9.17) is 22.7 Å². The Morgan fingerprint density at radius 1 is 1.35 bits per heavy atom. The molecule has 20 heavy (non-hydrogen) atoms. The molecule has 0 saturated heterocycles. The summed E-state index contributed by atoms with van der Waals surface area (Å²) in [6, 6.07) is 7.50. The van der Waals surface area contributed by atoms with E-state index in [9.17, 15) is 5.11 Å². The molecule has 1 unspecified atom stereocenters. The Labute approximate surface area is 126 Å².